The van der Waals surface area contributed by atoms with Gasteiger partial charge in [-0.15, -0.1) is 0 Å². The number of aromatic amines is 1. The van der Waals surface area contributed by atoms with Gasteiger partial charge in [0.25, 0.3) is 11.5 Å². The van der Waals surface area contributed by atoms with Crippen LogP contribution in [0.5, 0.6) is 0 Å². The highest BCUT2D eigenvalue weighted by atomic mass is 16.5. The molecular formula is C21H21N3O4. The van der Waals surface area contributed by atoms with Crippen LogP contribution in [-0.4, -0.2) is 28.2 Å². The highest BCUT2D eigenvalue weighted by Crippen LogP contribution is 2.14. The molecule has 0 aliphatic rings. The van der Waals surface area contributed by atoms with E-state index in [4.69, 9.17) is 4.74 Å². The second kappa shape index (κ2) is 8.47. The smallest absolute Gasteiger partial charge is 0.312 e. The van der Waals surface area contributed by atoms with Crippen LogP contribution in [0, 0.1) is 0 Å². The number of H-pyrrole nitrogens is 1. The van der Waals surface area contributed by atoms with Gasteiger partial charge in [-0.2, -0.15) is 5.10 Å². The van der Waals surface area contributed by atoms with Crippen LogP contribution in [-0.2, 0) is 27.2 Å². The molecule has 2 aromatic carbocycles. The van der Waals surface area contributed by atoms with E-state index in [0.29, 0.717) is 22.2 Å². The minimum atomic E-state index is -0.965. The lowest BCUT2D eigenvalue weighted by molar-refractivity contribution is -0.152. The first kappa shape index (κ1) is 19.3. The summed E-state index contributed by atoms with van der Waals surface area (Å²) in [6.07, 6.45) is -0.206. The number of aromatic nitrogens is 2. The van der Waals surface area contributed by atoms with Crippen molar-refractivity contribution in [1.82, 2.24) is 10.2 Å². The number of ether oxygens (including phenoxy) is 1. The Morgan fingerprint density at radius 2 is 1.79 bits per heavy atom. The third-order valence-electron chi connectivity index (χ3n) is 4.39. The number of carbonyl (C=O) groups is 2. The molecule has 2 N–H and O–H groups in total. The molecule has 1 heterocycles. The maximum atomic E-state index is 12.3. The van der Waals surface area contributed by atoms with E-state index in [-0.39, 0.29) is 12.0 Å². The van der Waals surface area contributed by atoms with Gasteiger partial charge in [-0.3, -0.25) is 14.4 Å². The van der Waals surface area contributed by atoms with Crippen LogP contribution in [0.2, 0.25) is 0 Å². The molecule has 0 unspecified atom stereocenters. The molecule has 0 spiro atoms. The van der Waals surface area contributed by atoms with Gasteiger partial charge in [0.2, 0.25) is 0 Å². The van der Waals surface area contributed by atoms with Gasteiger partial charge >= 0.3 is 5.97 Å². The zero-order chi connectivity index (χ0) is 20.1. The number of fused-ring (bicyclic) bond motifs is 1. The second-order valence-corrected chi connectivity index (χ2v) is 6.39. The van der Waals surface area contributed by atoms with E-state index in [1.54, 1.807) is 24.3 Å². The van der Waals surface area contributed by atoms with Gasteiger partial charge in [0, 0.05) is 11.1 Å². The molecule has 0 aliphatic heterocycles. The number of nitrogens with zero attached hydrogens (tertiary/aromatic N) is 1. The molecule has 144 valence electrons. The minimum absolute atomic E-state index is 0.153. The number of hydrogen-bond donors (Lipinski definition) is 2. The number of benzene rings is 2. The fraction of sp³-hybridized carbons (Fsp3) is 0.238. The fourth-order valence-electron chi connectivity index (χ4n) is 2.80. The van der Waals surface area contributed by atoms with Crippen LogP contribution in [0.3, 0.4) is 0 Å². The normalized spacial score (nSPS) is 11.8. The summed E-state index contributed by atoms with van der Waals surface area (Å²) in [5.41, 5.74) is 1.87. The lowest BCUT2D eigenvalue weighted by Crippen LogP contribution is -2.30. The quantitative estimate of drug-likeness (QED) is 0.641. The van der Waals surface area contributed by atoms with Gasteiger partial charge in [-0.05, 0) is 37.1 Å². The van der Waals surface area contributed by atoms with Gasteiger partial charge in [-0.25, -0.2) is 5.10 Å². The third kappa shape index (κ3) is 4.43. The maximum absolute atomic E-state index is 12.3. The molecule has 7 heteroatoms. The Bertz CT molecular complexity index is 1060. The van der Waals surface area contributed by atoms with E-state index in [9.17, 15) is 14.4 Å². The Hall–Kier alpha value is -3.48. The van der Waals surface area contributed by atoms with E-state index >= 15 is 0 Å². The van der Waals surface area contributed by atoms with E-state index in [1.165, 1.54) is 6.92 Å². The molecule has 1 atom stereocenters. The van der Waals surface area contributed by atoms with Crippen LogP contribution in [0.15, 0.2) is 53.3 Å². The zero-order valence-corrected chi connectivity index (χ0v) is 15.7. The lowest BCUT2D eigenvalue weighted by atomic mass is 10.1. The average Bonchev–Trinajstić information content (AvgIpc) is 2.71. The van der Waals surface area contributed by atoms with Crippen molar-refractivity contribution in [1.29, 1.82) is 0 Å². The molecule has 0 aliphatic carbocycles. The molecular weight excluding hydrogens is 358 g/mol. The summed E-state index contributed by atoms with van der Waals surface area (Å²) in [5, 5.41) is 10.1. The molecule has 0 bridgehead atoms. The van der Waals surface area contributed by atoms with Crippen molar-refractivity contribution >= 4 is 28.3 Å². The van der Waals surface area contributed by atoms with Crippen LogP contribution in [0.1, 0.15) is 25.1 Å². The first-order chi connectivity index (χ1) is 13.5. The Morgan fingerprint density at radius 3 is 2.46 bits per heavy atom. The topological polar surface area (TPSA) is 101 Å². The highest BCUT2D eigenvalue weighted by Gasteiger charge is 2.19. The van der Waals surface area contributed by atoms with Crippen molar-refractivity contribution in [2.45, 2.75) is 32.8 Å². The Kier molecular flexibility index (Phi) is 5.84. The van der Waals surface area contributed by atoms with Gasteiger partial charge < -0.3 is 10.1 Å². The highest BCUT2D eigenvalue weighted by molar-refractivity contribution is 5.95. The number of aryl methyl sites for hydroxylation is 1. The monoisotopic (exact) mass is 379 g/mol. The first-order valence-electron chi connectivity index (χ1n) is 9.03. The number of rotatable bonds is 6. The van der Waals surface area contributed by atoms with Crippen LogP contribution in [0.4, 0.5) is 5.69 Å². The minimum Gasteiger partial charge on any atom is -0.452 e. The van der Waals surface area contributed by atoms with Crippen molar-refractivity contribution in [3.63, 3.8) is 0 Å². The number of anilines is 1. The Morgan fingerprint density at radius 1 is 1.11 bits per heavy atom. The molecule has 28 heavy (non-hydrogen) atoms. The van der Waals surface area contributed by atoms with Crippen molar-refractivity contribution < 1.29 is 14.3 Å². The lowest BCUT2D eigenvalue weighted by Gasteiger charge is -2.14. The summed E-state index contributed by atoms with van der Waals surface area (Å²) in [6, 6.07) is 14.3. The number of esters is 1. The zero-order valence-electron chi connectivity index (χ0n) is 15.7. The van der Waals surface area contributed by atoms with E-state index in [2.05, 4.69) is 22.4 Å². The molecule has 1 aromatic heterocycles. The van der Waals surface area contributed by atoms with Gasteiger partial charge in [0.15, 0.2) is 6.10 Å². The molecule has 0 saturated carbocycles. The number of carbonyl (C=O) groups excluding carboxylic acids is 2. The van der Waals surface area contributed by atoms with E-state index < -0.39 is 18.0 Å². The summed E-state index contributed by atoms with van der Waals surface area (Å²) in [4.78, 5) is 36.3. The molecule has 3 rings (SSSR count). The second-order valence-electron chi connectivity index (χ2n) is 6.39. The van der Waals surface area contributed by atoms with E-state index in [0.717, 1.165) is 12.0 Å². The number of hydrogen-bond acceptors (Lipinski definition) is 5. The molecule has 7 nitrogen and oxygen atoms in total. The molecule has 0 fully saturated rings. The van der Waals surface area contributed by atoms with Crippen molar-refractivity contribution in [3.05, 3.63) is 70.1 Å². The van der Waals surface area contributed by atoms with Crippen LogP contribution >= 0.6 is 0 Å². The van der Waals surface area contributed by atoms with Crippen LogP contribution in [0.25, 0.3) is 10.8 Å². The predicted octanol–water partition coefficient (Wildman–Crippen LogP) is 2.60. The SMILES string of the molecule is CCc1ccc(NC(=O)[C@H](C)OC(=O)Cc2n[nH]c(=O)c3ccccc23)cc1. The standard InChI is InChI=1S/C21H21N3O4/c1-3-14-8-10-15(11-9-14)22-20(26)13(2)28-19(25)12-18-16-6-4-5-7-17(16)21(27)24-23-18/h4-11,13H,3,12H2,1-2H3,(H,22,26)(H,24,27)/t13-/m0/s1. The van der Waals surface area contributed by atoms with Crippen molar-refractivity contribution in [3.8, 4) is 0 Å². The number of amides is 1. The molecule has 0 saturated heterocycles. The molecule has 3 aromatic rings. The van der Waals surface area contributed by atoms with Crippen molar-refractivity contribution in [2.75, 3.05) is 5.32 Å². The van der Waals surface area contributed by atoms with E-state index in [1.807, 2.05) is 24.3 Å². The maximum Gasteiger partial charge on any atom is 0.312 e. The summed E-state index contributed by atoms with van der Waals surface area (Å²) >= 11 is 0. The molecule has 1 amide bonds. The van der Waals surface area contributed by atoms with Gasteiger partial charge in [0.1, 0.15) is 0 Å². The van der Waals surface area contributed by atoms with Gasteiger partial charge in [0.05, 0.1) is 17.5 Å². The average molecular weight is 379 g/mol. The van der Waals surface area contributed by atoms with Crippen molar-refractivity contribution in [2.24, 2.45) is 0 Å². The summed E-state index contributed by atoms with van der Waals surface area (Å²) in [6.45, 7) is 3.56. The summed E-state index contributed by atoms with van der Waals surface area (Å²) in [5.74, 6) is -1.02. The predicted molar refractivity (Wildman–Crippen MR) is 106 cm³/mol. The Balaban J connectivity index is 1.63. The summed E-state index contributed by atoms with van der Waals surface area (Å²) < 4.78 is 5.23. The molecule has 0 radical (unpaired) electrons. The third-order valence-corrected chi connectivity index (χ3v) is 4.39. The van der Waals surface area contributed by atoms with Gasteiger partial charge in [-0.1, -0.05) is 37.3 Å². The fourth-order valence-corrected chi connectivity index (χ4v) is 2.80. The van der Waals surface area contributed by atoms with Crippen LogP contribution < -0.4 is 10.9 Å². The Labute approximate surface area is 161 Å². The number of nitrogens with one attached hydrogen (secondary N) is 2. The first-order valence-corrected chi connectivity index (χ1v) is 9.03. The largest absolute Gasteiger partial charge is 0.452 e. The summed E-state index contributed by atoms with van der Waals surface area (Å²) in [7, 11) is 0.